The predicted octanol–water partition coefficient (Wildman–Crippen LogP) is 4.94. The van der Waals surface area contributed by atoms with Crippen LogP contribution in [0.5, 0.6) is 17.2 Å². The molecule has 42 heavy (non-hydrogen) atoms. The summed E-state index contributed by atoms with van der Waals surface area (Å²) in [4.78, 5) is 39.9. The summed E-state index contributed by atoms with van der Waals surface area (Å²) in [5, 5.41) is 5.57. The number of Topliss-reactive ketones (excluding diaryl/α,β-unsaturated/α-hetero) is 1. The molecule has 0 aromatic heterocycles. The molecule has 0 aliphatic rings. The van der Waals surface area contributed by atoms with E-state index in [9.17, 15) is 14.4 Å². The third kappa shape index (κ3) is 9.51. The van der Waals surface area contributed by atoms with Gasteiger partial charge in [0.15, 0.2) is 11.5 Å². The highest BCUT2D eigenvalue weighted by Crippen LogP contribution is 2.29. The molecule has 1 atom stereocenters. The molecule has 0 unspecified atom stereocenters. The Morgan fingerprint density at radius 3 is 2.17 bits per heavy atom. The van der Waals surface area contributed by atoms with E-state index in [1.165, 1.54) is 0 Å². The summed E-state index contributed by atoms with van der Waals surface area (Å²) in [5.74, 6) is 0.0618. The lowest BCUT2D eigenvalue weighted by Crippen LogP contribution is -2.49. The average Bonchev–Trinajstić information content (AvgIpc) is 3.02. The van der Waals surface area contributed by atoms with Crippen molar-refractivity contribution in [3.8, 4) is 17.2 Å². The highest BCUT2D eigenvalue weighted by atomic mass is 16.5. The number of hydrogen-bond acceptors (Lipinski definition) is 6. The van der Waals surface area contributed by atoms with Crippen LogP contribution in [-0.4, -0.2) is 51.5 Å². The van der Waals surface area contributed by atoms with E-state index < -0.39 is 23.6 Å². The van der Waals surface area contributed by atoms with Gasteiger partial charge in [-0.2, -0.15) is 0 Å². The van der Waals surface area contributed by atoms with Crippen LogP contribution in [-0.2, 0) is 27.2 Å². The van der Waals surface area contributed by atoms with E-state index >= 15 is 0 Å². The molecule has 8 heteroatoms. The fraction of sp³-hybridized carbons (Fsp3) is 0.324. The normalized spacial score (nSPS) is 11.8. The number of nitrogens with one attached hydrogen (secondary N) is 2. The number of carbonyl (C=O) groups excluding carboxylic acids is 3. The second-order valence-electron chi connectivity index (χ2n) is 9.82. The smallest absolute Gasteiger partial charge is 0.289 e. The van der Waals surface area contributed by atoms with Gasteiger partial charge in [0.25, 0.3) is 5.91 Å². The van der Waals surface area contributed by atoms with Gasteiger partial charge in [-0.05, 0) is 66.3 Å². The van der Waals surface area contributed by atoms with Crippen molar-refractivity contribution >= 4 is 23.7 Å². The molecule has 2 amide bonds. The highest BCUT2D eigenvalue weighted by Gasteiger charge is 2.28. The summed E-state index contributed by atoms with van der Waals surface area (Å²) in [5.41, 5.74) is 3.10. The van der Waals surface area contributed by atoms with Crippen LogP contribution in [0, 0.1) is 0 Å². The number of ketones is 1. The second kappa shape index (κ2) is 16.6. The summed E-state index contributed by atoms with van der Waals surface area (Å²) in [7, 11) is 4.72. The first kappa shape index (κ1) is 31.9. The van der Waals surface area contributed by atoms with Crippen LogP contribution in [0.25, 0.3) is 6.08 Å². The van der Waals surface area contributed by atoms with Crippen molar-refractivity contribution in [1.82, 2.24) is 10.6 Å². The number of ether oxygens (including phenoxy) is 3. The topological polar surface area (TPSA) is 103 Å². The fourth-order valence-corrected chi connectivity index (χ4v) is 4.43. The third-order valence-electron chi connectivity index (χ3n) is 6.83. The Morgan fingerprint density at radius 1 is 0.810 bits per heavy atom. The zero-order valence-corrected chi connectivity index (χ0v) is 24.8. The molecule has 0 heterocycles. The lowest BCUT2D eigenvalue weighted by atomic mass is 9.99. The number of rotatable bonds is 16. The van der Waals surface area contributed by atoms with Crippen molar-refractivity contribution in [3.05, 3.63) is 95.1 Å². The van der Waals surface area contributed by atoms with Gasteiger partial charge in [-0.15, -0.1) is 0 Å². The average molecular weight is 573 g/mol. The first-order valence-electron chi connectivity index (χ1n) is 14.1. The molecule has 0 spiro atoms. The Morgan fingerprint density at radius 2 is 1.52 bits per heavy atom. The molecule has 3 rings (SSSR count). The van der Waals surface area contributed by atoms with E-state index in [0.717, 1.165) is 35.3 Å². The van der Waals surface area contributed by atoms with Gasteiger partial charge < -0.3 is 24.8 Å². The Labute approximate surface area is 248 Å². The third-order valence-corrected chi connectivity index (χ3v) is 6.83. The number of unbranched alkanes of at least 4 members (excludes halogenated alkanes) is 1. The van der Waals surface area contributed by atoms with E-state index in [2.05, 4.69) is 10.6 Å². The highest BCUT2D eigenvalue weighted by molar-refractivity contribution is 6.38. The van der Waals surface area contributed by atoms with Gasteiger partial charge in [-0.3, -0.25) is 14.4 Å². The molecule has 0 saturated heterocycles. The van der Waals surface area contributed by atoms with Gasteiger partial charge in [0.05, 0.1) is 21.3 Å². The van der Waals surface area contributed by atoms with Crippen LogP contribution >= 0.6 is 0 Å². The van der Waals surface area contributed by atoms with Crippen LogP contribution < -0.4 is 24.8 Å². The van der Waals surface area contributed by atoms with Gasteiger partial charge in [0.2, 0.25) is 11.7 Å². The molecule has 0 aliphatic carbocycles. The van der Waals surface area contributed by atoms with E-state index in [-0.39, 0.29) is 13.0 Å². The van der Waals surface area contributed by atoms with E-state index in [0.29, 0.717) is 29.9 Å². The molecule has 0 radical (unpaired) electrons. The van der Waals surface area contributed by atoms with Crippen LogP contribution in [0.3, 0.4) is 0 Å². The van der Waals surface area contributed by atoms with Crippen molar-refractivity contribution in [1.29, 1.82) is 0 Å². The number of carbonyl (C=O) groups is 3. The molecule has 0 fully saturated rings. The van der Waals surface area contributed by atoms with E-state index in [1.807, 2.05) is 67.6 Å². The van der Waals surface area contributed by atoms with Crippen molar-refractivity contribution < 1.29 is 28.6 Å². The van der Waals surface area contributed by atoms with Crippen molar-refractivity contribution in [3.63, 3.8) is 0 Å². The molecule has 0 bridgehead atoms. The largest absolute Gasteiger partial charge is 0.497 e. The Kier molecular flexibility index (Phi) is 12.6. The van der Waals surface area contributed by atoms with Gasteiger partial charge in [0.1, 0.15) is 11.8 Å². The Balaban J connectivity index is 1.77. The maximum atomic E-state index is 13.6. The van der Waals surface area contributed by atoms with E-state index in [4.69, 9.17) is 14.2 Å². The van der Waals surface area contributed by atoms with Crippen LogP contribution in [0.15, 0.2) is 78.4 Å². The molecule has 2 N–H and O–H groups in total. The van der Waals surface area contributed by atoms with Crippen molar-refractivity contribution in [2.75, 3.05) is 27.9 Å². The SMILES string of the molecule is CCCC/C(=C\c1ccc(OC)c(OC)c1)C(=O)N[C@@H](Cc1ccccc1)C(=O)C(=O)NCCc1ccc(OC)cc1. The van der Waals surface area contributed by atoms with Crippen LogP contribution in [0.2, 0.25) is 0 Å². The number of amides is 2. The Hall–Kier alpha value is -4.59. The molecule has 0 aliphatic heterocycles. The zero-order valence-electron chi connectivity index (χ0n) is 24.8. The molecule has 0 saturated carbocycles. The Bertz CT molecular complexity index is 1350. The lowest BCUT2D eigenvalue weighted by Gasteiger charge is -2.19. The van der Waals surface area contributed by atoms with Gasteiger partial charge in [-0.1, -0.05) is 61.9 Å². The summed E-state index contributed by atoms with van der Waals surface area (Å²) >= 11 is 0. The molecular weight excluding hydrogens is 532 g/mol. The summed E-state index contributed by atoms with van der Waals surface area (Å²) in [6.07, 6.45) is 4.71. The van der Waals surface area contributed by atoms with Crippen LogP contribution in [0.4, 0.5) is 0 Å². The lowest BCUT2D eigenvalue weighted by molar-refractivity contribution is -0.139. The molecule has 222 valence electrons. The summed E-state index contributed by atoms with van der Waals surface area (Å²) in [6.45, 7) is 2.33. The van der Waals surface area contributed by atoms with E-state index in [1.54, 1.807) is 39.5 Å². The predicted molar refractivity (Wildman–Crippen MR) is 164 cm³/mol. The molecule has 3 aromatic rings. The van der Waals surface area contributed by atoms with Gasteiger partial charge >= 0.3 is 0 Å². The van der Waals surface area contributed by atoms with Gasteiger partial charge in [0, 0.05) is 18.5 Å². The molecule has 3 aromatic carbocycles. The number of hydrogen-bond donors (Lipinski definition) is 2. The zero-order chi connectivity index (χ0) is 30.3. The number of benzene rings is 3. The van der Waals surface area contributed by atoms with Gasteiger partial charge in [-0.25, -0.2) is 0 Å². The number of methoxy groups -OCH3 is 3. The molecular formula is C34H40N2O6. The standard InChI is InChI=1S/C34H40N2O6/c1-5-6-12-27(21-26-15-18-30(41-3)31(23-26)42-4)33(38)36-29(22-25-10-8-7-9-11-25)32(37)34(39)35-20-19-24-13-16-28(40-2)17-14-24/h7-11,13-18,21,23,29H,5-6,12,19-20,22H2,1-4H3,(H,35,39)(H,36,38)/b27-21+/t29-/m0/s1. The minimum absolute atomic E-state index is 0.189. The quantitative estimate of drug-likeness (QED) is 0.186. The fourth-order valence-electron chi connectivity index (χ4n) is 4.43. The first-order chi connectivity index (χ1) is 20.4. The second-order valence-corrected chi connectivity index (χ2v) is 9.82. The van der Waals surface area contributed by atoms with Crippen molar-refractivity contribution in [2.24, 2.45) is 0 Å². The molecule has 8 nitrogen and oxygen atoms in total. The van der Waals surface area contributed by atoms with Crippen molar-refractivity contribution in [2.45, 2.75) is 45.1 Å². The minimum Gasteiger partial charge on any atom is -0.497 e. The summed E-state index contributed by atoms with van der Waals surface area (Å²) in [6, 6.07) is 21.2. The monoisotopic (exact) mass is 572 g/mol. The maximum Gasteiger partial charge on any atom is 0.289 e. The maximum absolute atomic E-state index is 13.6. The minimum atomic E-state index is -1.03. The summed E-state index contributed by atoms with van der Waals surface area (Å²) < 4.78 is 15.9. The van der Waals surface area contributed by atoms with Crippen LogP contribution in [0.1, 0.15) is 42.9 Å². The first-order valence-corrected chi connectivity index (χ1v) is 14.1.